The van der Waals surface area contributed by atoms with Gasteiger partial charge in [0.25, 0.3) is 0 Å². The summed E-state index contributed by atoms with van der Waals surface area (Å²) >= 11 is 7.44. The van der Waals surface area contributed by atoms with Crippen molar-refractivity contribution >= 4 is 22.9 Å². The summed E-state index contributed by atoms with van der Waals surface area (Å²) in [4.78, 5) is 1.15. The number of hydrogen-bond donors (Lipinski definition) is 1. The number of hydrogen-bond acceptors (Lipinski definition) is 3. The zero-order chi connectivity index (χ0) is 11.8. The van der Waals surface area contributed by atoms with E-state index in [9.17, 15) is 5.11 Å². The second-order valence-electron chi connectivity index (χ2n) is 4.77. The Morgan fingerprint density at radius 2 is 2.06 bits per heavy atom. The molecular formula is C12H17ClO2S. The van der Waals surface area contributed by atoms with Crippen molar-refractivity contribution in [1.29, 1.82) is 0 Å². The van der Waals surface area contributed by atoms with Crippen LogP contribution in [0.4, 0.5) is 0 Å². The van der Waals surface area contributed by atoms with Crippen molar-refractivity contribution in [2.45, 2.75) is 50.9 Å². The predicted molar refractivity (Wildman–Crippen MR) is 67.2 cm³/mol. The fraction of sp³-hybridized carbons (Fsp3) is 0.667. The van der Waals surface area contributed by atoms with Crippen molar-refractivity contribution < 1.29 is 9.84 Å². The molecule has 1 fully saturated rings. The van der Waals surface area contributed by atoms with E-state index in [-0.39, 0.29) is 12.2 Å². The molecule has 0 amide bonds. The lowest BCUT2D eigenvalue weighted by atomic mass is 9.84. The van der Waals surface area contributed by atoms with Gasteiger partial charge in [-0.05, 0) is 26.0 Å². The van der Waals surface area contributed by atoms with Gasteiger partial charge in [-0.2, -0.15) is 0 Å². The minimum absolute atomic E-state index is 0.129. The molecule has 2 atom stereocenters. The van der Waals surface area contributed by atoms with Gasteiger partial charge in [-0.15, -0.1) is 11.3 Å². The lowest BCUT2D eigenvalue weighted by Crippen LogP contribution is -2.44. The van der Waals surface area contributed by atoms with E-state index in [4.69, 9.17) is 16.3 Å². The molecule has 1 aromatic heterocycles. The van der Waals surface area contributed by atoms with Gasteiger partial charge in [0.1, 0.15) is 0 Å². The van der Waals surface area contributed by atoms with Crippen LogP contribution in [0.15, 0.2) is 12.1 Å². The molecule has 0 bridgehead atoms. The van der Waals surface area contributed by atoms with E-state index in [2.05, 4.69) is 0 Å². The van der Waals surface area contributed by atoms with Crippen LogP contribution in [0.5, 0.6) is 0 Å². The molecule has 1 N–H and O–H groups in total. The standard InChI is InChI=1S/C12H17ClO2S/c1-8-5-12(14,6-9(2)15-8)7-10-3-4-11(13)16-10/h3-4,8-9,14H,5-7H2,1-2H3. The third-order valence-electron chi connectivity index (χ3n) is 2.93. The van der Waals surface area contributed by atoms with Crippen LogP contribution in [0, 0.1) is 0 Å². The Bertz CT molecular complexity index is 354. The summed E-state index contributed by atoms with van der Waals surface area (Å²) in [5, 5.41) is 10.6. The zero-order valence-electron chi connectivity index (χ0n) is 9.57. The van der Waals surface area contributed by atoms with Gasteiger partial charge in [0.2, 0.25) is 0 Å². The molecule has 0 aliphatic carbocycles. The van der Waals surface area contributed by atoms with E-state index in [0.717, 1.165) is 9.21 Å². The third-order valence-corrected chi connectivity index (χ3v) is 4.16. The number of halogens is 1. The minimum atomic E-state index is -0.634. The lowest BCUT2D eigenvalue weighted by molar-refractivity contribution is -0.130. The molecule has 1 aromatic rings. The molecule has 0 aromatic carbocycles. The van der Waals surface area contributed by atoms with Crippen molar-refractivity contribution in [1.82, 2.24) is 0 Å². The molecule has 0 spiro atoms. The zero-order valence-corrected chi connectivity index (χ0v) is 11.1. The quantitative estimate of drug-likeness (QED) is 0.885. The highest BCUT2D eigenvalue weighted by Crippen LogP contribution is 2.34. The first-order chi connectivity index (χ1) is 7.47. The molecule has 0 radical (unpaired) electrons. The van der Waals surface area contributed by atoms with Crippen molar-refractivity contribution in [3.8, 4) is 0 Å². The van der Waals surface area contributed by atoms with E-state index in [1.807, 2.05) is 26.0 Å². The second kappa shape index (κ2) is 4.65. The normalized spacial score (nSPS) is 35.2. The topological polar surface area (TPSA) is 29.5 Å². The van der Waals surface area contributed by atoms with E-state index in [1.54, 1.807) is 11.3 Å². The fourth-order valence-corrected chi connectivity index (χ4v) is 3.79. The minimum Gasteiger partial charge on any atom is -0.389 e. The summed E-state index contributed by atoms with van der Waals surface area (Å²) in [6.45, 7) is 4.03. The maximum atomic E-state index is 10.6. The maximum absolute atomic E-state index is 10.6. The third kappa shape index (κ3) is 2.98. The van der Waals surface area contributed by atoms with Gasteiger partial charge in [-0.25, -0.2) is 0 Å². The highest BCUT2D eigenvalue weighted by atomic mass is 35.5. The molecule has 2 rings (SSSR count). The molecule has 4 heteroatoms. The van der Waals surface area contributed by atoms with Crippen LogP contribution in [0.1, 0.15) is 31.6 Å². The van der Waals surface area contributed by atoms with Crippen molar-refractivity contribution in [2.24, 2.45) is 0 Å². The number of thiophene rings is 1. The second-order valence-corrected chi connectivity index (χ2v) is 6.57. The summed E-state index contributed by atoms with van der Waals surface area (Å²) in [5.74, 6) is 0. The summed E-state index contributed by atoms with van der Waals surface area (Å²) in [6.07, 6.45) is 2.34. The van der Waals surface area contributed by atoms with E-state index in [1.165, 1.54) is 0 Å². The first-order valence-electron chi connectivity index (χ1n) is 5.59. The lowest BCUT2D eigenvalue weighted by Gasteiger charge is -2.39. The Morgan fingerprint density at radius 1 is 1.44 bits per heavy atom. The van der Waals surface area contributed by atoms with Crippen molar-refractivity contribution in [3.05, 3.63) is 21.3 Å². The molecule has 0 saturated carbocycles. The number of rotatable bonds is 2. The van der Waals surface area contributed by atoms with Crippen LogP contribution in [0.3, 0.4) is 0 Å². The van der Waals surface area contributed by atoms with Gasteiger partial charge in [-0.3, -0.25) is 0 Å². The summed E-state index contributed by atoms with van der Waals surface area (Å²) in [6, 6.07) is 3.88. The van der Waals surface area contributed by atoms with Crippen LogP contribution in [0.2, 0.25) is 4.34 Å². The van der Waals surface area contributed by atoms with Crippen LogP contribution in [0.25, 0.3) is 0 Å². The molecule has 2 unspecified atom stereocenters. The van der Waals surface area contributed by atoms with Gasteiger partial charge < -0.3 is 9.84 Å². The Kier molecular flexibility index (Phi) is 3.59. The highest BCUT2D eigenvalue weighted by molar-refractivity contribution is 7.16. The molecule has 90 valence electrons. The predicted octanol–water partition coefficient (Wildman–Crippen LogP) is 3.26. The first-order valence-corrected chi connectivity index (χ1v) is 6.78. The van der Waals surface area contributed by atoms with Crippen LogP contribution < -0.4 is 0 Å². The Hall–Kier alpha value is -0.0900. The average molecular weight is 261 g/mol. The smallest absolute Gasteiger partial charge is 0.0931 e. The van der Waals surface area contributed by atoms with Gasteiger partial charge in [0.05, 0.1) is 22.1 Å². The number of aliphatic hydroxyl groups is 1. The first kappa shape index (κ1) is 12.4. The molecule has 1 aliphatic heterocycles. The van der Waals surface area contributed by atoms with Crippen molar-refractivity contribution in [3.63, 3.8) is 0 Å². The summed E-state index contributed by atoms with van der Waals surface area (Å²) in [7, 11) is 0. The SMILES string of the molecule is CC1CC(O)(Cc2ccc(Cl)s2)CC(C)O1. The monoisotopic (exact) mass is 260 g/mol. The van der Waals surface area contributed by atoms with Crippen molar-refractivity contribution in [2.75, 3.05) is 0 Å². The summed E-state index contributed by atoms with van der Waals surface area (Å²) in [5.41, 5.74) is -0.634. The van der Waals surface area contributed by atoms with Gasteiger partial charge in [-0.1, -0.05) is 11.6 Å². The average Bonchev–Trinajstić information content (AvgIpc) is 2.47. The molecule has 1 aliphatic rings. The van der Waals surface area contributed by atoms with Crippen LogP contribution >= 0.6 is 22.9 Å². The number of ether oxygens (including phenoxy) is 1. The van der Waals surface area contributed by atoms with Gasteiger partial charge in [0, 0.05) is 24.1 Å². The molecule has 1 saturated heterocycles. The largest absolute Gasteiger partial charge is 0.389 e. The van der Waals surface area contributed by atoms with Crippen LogP contribution in [-0.4, -0.2) is 22.9 Å². The Balaban J connectivity index is 2.07. The molecule has 16 heavy (non-hydrogen) atoms. The molecule has 2 nitrogen and oxygen atoms in total. The van der Waals surface area contributed by atoms with E-state index in [0.29, 0.717) is 19.3 Å². The molecular weight excluding hydrogens is 244 g/mol. The maximum Gasteiger partial charge on any atom is 0.0931 e. The summed E-state index contributed by atoms with van der Waals surface area (Å²) < 4.78 is 6.43. The molecule has 2 heterocycles. The highest BCUT2D eigenvalue weighted by Gasteiger charge is 2.37. The Morgan fingerprint density at radius 3 is 2.56 bits per heavy atom. The van der Waals surface area contributed by atoms with E-state index >= 15 is 0 Å². The van der Waals surface area contributed by atoms with Gasteiger partial charge >= 0.3 is 0 Å². The van der Waals surface area contributed by atoms with Gasteiger partial charge in [0.15, 0.2) is 0 Å². The fourth-order valence-electron chi connectivity index (χ4n) is 2.56. The van der Waals surface area contributed by atoms with Crippen LogP contribution in [-0.2, 0) is 11.2 Å². The van der Waals surface area contributed by atoms with E-state index < -0.39 is 5.60 Å². The Labute approximate surface area is 105 Å².